The maximum Gasteiger partial charge on any atom is 0.415 e. The van der Waals surface area contributed by atoms with Crippen LogP contribution in [0, 0.1) is 0 Å². The second kappa shape index (κ2) is 5.99. The Hall–Kier alpha value is -1.44. The van der Waals surface area contributed by atoms with Gasteiger partial charge >= 0.3 is 12.4 Å². The van der Waals surface area contributed by atoms with Crippen molar-refractivity contribution < 1.29 is 26.3 Å². The van der Waals surface area contributed by atoms with E-state index in [1.165, 1.54) is 24.3 Å². The van der Waals surface area contributed by atoms with Crippen LogP contribution in [0.15, 0.2) is 48.5 Å². The zero-order chi connectivity index (χ0) is 16.5. The first-order valence-electron chi connectivity index (χ1n) is 6.08. The fraction of sp³-hybridized carbons (Fsp3) is 0.143. The van der Waals surface area contributed by atoms with Gasteiger partial charge in [-0.05, 0) is 10.9 Å². The van der Waals surface area contributed by atoms with Gasteiger partial charge in [0.15, 0.2) is 0 Å². The molecule has 0 radical (unpaired) electrons. The van der Waals surface area contributed by atoms with Crippen LogP contribution in [-0.2, 0) is 12.4 Å². The van der Waals surface area contributed by atoms with Gasteiger partial charge in [-0.1, -0.05) is 48.5 Å². The predicted molar refractivity (Wildman–Crippen MR) is 76.8 cm³/mol. The molecule has 22 heavy (non-hydrogen) atoms. The molecule has 2 aromatic rings. The molecule has 0 unspecified atom stereocenters. The summed E-state index contributed by atoms with van der Waals surface area (Å²) >= 11 is 2.98. The SMILES string of the molecule is FC(F)(F)c1ccccc1B(Br)c1ccccc1C(F)(F)F. The fourth-order valence-corrected chi connectivity index (χ4v) is 2.92. The highest BCUT2D eigenvalue weighted by molar-refractivity contribution is 9.25. The highest BCUT2D eigenvalue weighted by atomic mass is 79.9. The van der Waals surface area contributed by atoms with Crippen LogP contribution in [-0.4, -0.2) is 5.54 Å². The summed E-state index contributed by atoms with van der Waals surface area (Å²) in [5.74, 6) is 0. The van der Waals surface area contributed by atoms with E-state index in [4.69, 9.17) is 0 Å². The molecule has 0 N–H and O–H groups in total. The molecule has 0 atom stereocenters. The minimum atomic E-state index is -4.64. The van der Waals surface area contributed by atoms with Crippen molar-refractivity contribution in [2.24, 2.45) is 0 Å². The minimum Gasteiger partial charge on any atom is -0.166 e. The van der Waals surface area contributed by atoms with E-state index in [0.29, 0.717) is 0 Å². The van der Waals surface area contributed by atoms with Gasteiger partial charge in [0.1, 0.15) is 0 Å². The number of benzene rings is 2. The number of hydrogen-bond donors (Lipinski definition) is 0. The average molecular weight is 381 g/mol. The van der Waals surface area contributed by atoms with E-state index in [-0.39, 0.29) is 10.9 Å². The summed E-state index contributed by atoms with van der Waals surface area (Å²) < 4.78 is 78.1. The molecular formula is C14H8BBrF6. The molecule has 0 amide bonds. The molecule has 116 valence electrons. The first-order valence-corrected chi connectivity index (χ1v) is 7.00. The highest BCUT2D eigenvalue weighted by Gasteiger charge is 2.39. The van der Waals surface area contributed by atoms with Gasteiger partial charge in [0, 0.05) is 0 Å². The molecule has 0 bridgehead atoms. The van der Waals surface area contributed by atoms with Crippen LogP contribution >= 0.6 is 15.8 Å². The molecule has 0 heterocycles. The minimum absolute atomic E-state index is 0.258. The zero-order valence-electron chi connectivity index (χ0n) is 10.8. The lowest BCUT2D eigenvalue weighted by molar-refractivity contribution is -0.137. The first-order chi connectivity index (χ1) is 10.1. The third-order valence-corrected chi connectivity index (χ3v) is 4.06. The van der Waals surface area contributed by atoms with Gasteiger partial charge in [0.25, 0.3) is 5.54 Å². The standard InChI is InChI=1S/C14H8BBrF6/c16-15(11-7-3-1-5-9(11)13(17,18)19)12-8-4-2-6-10(12)14(20,21)22/h1-8H. The van der Waals surface area contributed by atoms with Crippen molar-refractivity contribution in [3.63, 3.8) is 0 Å². The zero-order valence-corrected chi connectivity index (χ0v) is 12.4. The van der Waals surface area contributed by atoms with Crippen LogP contribution in [0.2, 0.25) is 0 Å². The maximum atomic E-state index is 13.0. The summed E-state index contributed by atoms with van der Waals surface area (Å²) in [6, 6.07) is 9.12. The smallest absolute Gasteiger partial charge is 0.166 e. The van der Waals surface area contributed by atoms with Crippen molar-refractivity contribution in [1.82, 2.24) is 0 Å². The van der Waals surface area contributed by atoms with Crippen LogP contribution in [0.3, 0.4) is 0 Å². The quantitative estimate of drug-likeness (QED) is 0.540. The Morgan fingerprint density at radius 3 is 1.27 bits per heavy atom. The van der Waals surface area contributed by atoms with E-state index in [1.54, 1.807) is 0 Å². The molecular weight excluding hydrogens is 373 g/mol. The van der Waals surface area contributed by atoms with Crippen molar-refractivity contribution in [3.05, 3.63) is 59.7 Å². The van der Waals surface area contributed by atoms with E-state index in [2.05, 4.69) is 15.8 Å². The molecule has 0 aliphatic heterocycles. The third-order valence-electron chi connectivity index (χ3n) is 3.08. The predicted octanol–water partition coefficient (Wildman–Crippen LogP) is 4.22. The second-order valence-electron chi connectivity index (χ2n) is 4.53. The van der Waals surface area contributed by atoms with Gasteiger partial charge in [-0.2, -0.15) is 26.3 Å². The maximum absolute atomic E-state index is 13.0. The molecule has 0 aromatic heterocycles. The van der Waals surface area contributed by atoms with Gasteiger partial charge in [0.2, 0.25) is 0 Å². The summed E-state index contributed by atoms with van der Waals surface area (Å²) in [6.45, 7) is 0. The molecule has 0 nitrogen and oxygen atoms in total. The number of alkyl halides is 6. The lowest BCUT2D eigenvalue weighted by atomic mass is 9.60. The summed E-state index contributed by atoms with van der Waals surface area (Å²) in [4.78, 5) is 0. The van der Waals surface area contributed by atoms with Crippen LogP contribution in [0.25, 0.3) is 0 Å². The molecule has 0 saturated carbocycles. The number of hydrogen-bond acceptors (Lipinski definition) is 0. The Balaban J connectivity index is 2.58. The molecule has 0 fully saturated rings. The van der Waals surface area contributed by atoms with Gasteiger partial charge in [0.05, 0.1) is 11.1 Å². The van der Waals surface area contributed by atoms with Crippen LogP contribution in [0.4, 0.5) is 26.3 Å². The molecule has 0 saturated heterocycles. The Morgan fingerprint density at radius 1 is 0.636 bits per heavy atom. The molecule has 0 aliphatic carbocycles. The monoisotopic (exact) mass is 380 g/mol. The van der Waals surface area contributed by atoms with Crippen molar-refractivity contribution in [2.45, 2.75) is 12.4 Å². The van der Waals surface area contributed by atoms with E-state index in [9.17, 15) is 26.3 Å². The Bertz CT molecular complexity index is 607. The van der Waals surface area contributed by atoms with E-state index >= 15 is 0 Å². The van der Waals surface area contributed by atoms with E-state index in [1.807, 2.05) is 0 Å². The highest BCUT2D eigenvalue weighted by Crippen LogP contribution is 2.30. The molecule has 2 rings (SSSR count). The van der Waals surface area contributed by atoms with Crippen LogP contribution in [0.1, 0.15) is 11.1 Å². The molecule has 2 aromatic carbocycles. The topological polar surface area (TPSA) is 0 Å². The van der Waals surface area contributed by atoms with Crippen LogP contribution in [0.5, 0.6) is 0 Å². The van der Waals surface area contributed by atoms with Gasteiger partial charge < -0.3 is 0 Å². The number of halogens is 7. The first kappa shape index (κ1) is 16.9. The van der Waals surface area contributed by atoms with Crippen LogP contribution < -0.4 is 10.9 Å². The van der Waals surface area contributed by atoms with E-state index in [0.717, 1.165) is 24.3 Å². The van der Waals surface area contributed by atoms with Crippen molar-refractivity contribution in [3.8, 4) is 0 Å². The van der Waals surface area contributed by atoms with Crippen molar-refractivity contribution in [1.29, 1.82) is 0 Å². The lowest BCUT2D eigenvalue weighted by Gasteiger charge is -2.18. The Labute approximate surface area is 131 Å². The van der Waals surface area contributed by atoms with Gasteiger partial charge in [-0.25, -0.2) is 0 Å². The molecule has 8 heteroatoms. The second-order valence-corrected chi connectivity index (χ2v) is 5.45. The molecule has 0 aliphatic rings. The lowest BCUT2D eigenvalue weighted by Crippen LogP contribution is -2.43. The summed E-state index contributed by atoms with van der Waals surface area (Å²) in [6.07, 6.45) is -9.29. The Morgan fingerprint density at radius 2 is 0.955 bits per heavy atom. The summed E-state index contributed by atoms with van der Waals surface area (Å²) in [5, 5.41) is 0. The average Bonchev–Trinajstić information content (AvgIpc) is 2.45. The Kier molecular flexibility index (Phi) is 4.61. The van der Waals surface area contributed by atoms with E-state index < -0.39 is 29.0 Å². The summed E-state index contributed by atoms with van der Waals surface area (Å²) in [7, 11) is 0. The summed E-state index contributed by atoms with van der Waals surface area (Å²) in [5.41, 5.74) is -3.66. The number of rotatable bonds is 2. The third kappa shape index (κ3) is 3.48. The van der Waals surface area contributed by atoms with Crippen molar-refractivity contribution in [2.75, 3.05) is 0 Å². The fourth-order valence-electron chi connectivity index (χ4n) is 2.12. The normalized spacial score (nSPS) is 12.3. The van der Waals surface area contributed by atoms with Crippen molar-refractivity contribution >= 4 is 32.2 Å². The largest absolute Gasteiger partial charge is 0.415 e. The van der Waals surface area contributed by atoms with Gasteiger partial charge in [-0.15, -0.1) is 15.8 Å². The van der Waals surface area contributed by atoms with Gasteiger partial charge in [-0.3, -0.25) is 0 Å². The molecule has 0 spiro atoms.